The van der Waals surface area contributed by atoms with E-state index in [4.69, 9.17) is 5.73 Å². The Balaban J connectivity index is 2.74. The van der Waals surface area contributed by atoms with Gasteiger partial charge in [-0.2, -0.15) is 0 Å². The molecule has 1 fully saturated rings. The minimum atomic E-state index is -2.94. The standard InChI is InChI=1S/C10H16F2N2O2/c1-5(2)14(4-7(13)15)9(16)8-6(3)10(8,11)12/h5-6,8H,4H2,1-3H3,(H2,13,15). The molecule has 1 rings (SSSR count). The Morgan fingerprint density at radius 3 is 2.12 bits per heavy atom. The van der Waals surface area contributed by atoms with Gasteiger partial charge in [0.2, 0.25) is 11.8 Å². The second-order valence-electron chi connectivity index (χ2n) is 4.47. The molecule has 4 nitrogen and oxygen atoms in total. The summed E-state index contributed by atoms with van der Waals surface area (Å²) in [5.74, 6) is -6.57. The molecule has 2 N–H and O–H groups in total. The quantitative estimate of drug-likeness (QED) is 0.774. The molecule has 0 aliphatic heterocycles. The summed E-state index contributed by atoms with van der Waals surface area (Å²) < 4.78 is 26.1. The fourth-order valence-corrected chi connectivity index (χ4v) is 1.72. The third kappa shape index (κ3) is 2.15. The molecular weight excluding hydrogens is 218 g/mol. The smallest absolute Gasteiger partial charge is 0.263 e. The molecule has 0 aromatic heterocycles. The molecule has 1 saturated carbocycles. The fourth-order valence-electron chi connectivity index (χ4n) is 1.72. The van der Waals surface area contributed by atoms with E-state index in [0.29, 0.717) is 0 Å². The van der Waals surface area contributed by atoms with Crippen LogP contribution in [0.3, 0.4) is 0 Å². The lowest BCUT2D eigenvalue weighted by Gasteiger charge is -2.25. The topological polar surface area (TPSA) is 63.4 Å². The van der Waals surface area contributed by atoms with Crippen molar-refractivity contribution in [2.45, 2.75) is 32.7 Å². The summed E-state index contributed by atoms with van der Waals surface area (Å²) >= 11 is 0. The molecule has 0 saturated heterocycles. The van der Waals surface area contributed by atoms with Crippen molar-refractivity contribution in [3.63, 3.8) is 0 Å². The van der Waals surface area contributed by atoms with Gasteiger partial charge in [0, 0.05) is 12.0 Å². The van der Waals surface area contributed by atoms with Crippen molar-refractivity contribution in [2.75, 3.05) is 6.54 Å². The van der Waals surface area contributed by atoms with Crippen LogP contribution in [0.5, 0.6) is 0 Å². The van der Waals surface area contributed by atoms with Crippen LogP contribution in [-0.2, 0) is 9.59 Å². The van der Waals surface area contributed by atoms with Crippen molar-refractivity contribution in [2.24, 2.45) is 17.6 Å². The maximum atomic E-state index is 13.0. The zero-order chi connectivity index (χ0) is 12.7. The zero-order valence-electron chi connectivity index (χ0n) is 9.54. The average Bonchev–Trinajstić information content (AvgIpc) is 2.60. The number of amides is 2. The summed E-state index contributed by atoms with van der Waals surface area (Å²) in [6.07, 6.45) is 0. The second kappa shape index (κ2) is 3.99. The van der Waals surface area contributed by atoms with E-state index in [1.54, 1.807) is 13.8 Å². The molecule has 0 aromatic rings. The number of carbonyl (C=O) groups is 2. The summed E-state index contributed by atoms with van der Waals surface area (Å²) in [5, 5.41) is 0. The predicted octanol–water partition coefficient (Wildman–Crippen LogP) is 0.610. The zero-order valence-corrected chi connectivity index (χ0v) is 9.54. The predicted molar refractivity (Wildman–Crippen MR) is 53.6 cm³/mol. The van der Waals surface area contributed by atoms with Gasteiger partial charge >= 0.3 is 0 Å². The number of alkyl halides is 2. The lowest BCUT2D eigenvalue weighted by Crippen LogP contribution is -2.44. The molecule has 2 atom stereocenters. The van der Waals surface area contributed by atoms with Crippen LogP contribution in [0.25, 0.3) is 0 Å². The third-order valence-corrected chi connectivity index (χ3v) is 2.91. The van der Waals surface area contributed by atoms with E-state index in [1.165, 1.54) is 6.92 Å². The van der Waals surface area contributed by atoms with Crippen molar-refractivity contribution in [1.29, 1.82) is 0 Å². The van der Waals surface area contributed by atoms with E-state index in [9.17, 15) is 18.4 Å². The first-order valence-corrected chi connectivity index (χ1v) is 5.16. The van der Waals surface area contributed by atoms with E-state index in [1.807, 2.05) is 0 Å². The number of rotatable bonds is 4. The van der Waals surface area contributed by atoms with Crippen molar-refractivity contribution < 1.29 is 18.4 Å². The Labute approximate surface area is 92.8 Å². The van der Waals surface area contributed by atoms with Crippen LogP contribution in [0.1, 0.15) is 20.8 Å². The van der Waals surface area contributed by atoms with Crippen molar-refractivity contribution in [3.05, 3.63) is 0 Å². The lowest BCUT2D eigenvalue weighted by atomic mass is 10.2. The van der Waals surface area contributed by atoms with Gasteiger partial charge in [-0.05, 0) is 13.8 Å². The molecule has 6 heteroatoms. The highest BCUT2D eigenvalue weighted by atomic mass is 19.3. The van der Waals surface area contributed by atoms with Gasteiger partial charge in [-0.25, -0.2) is 8.78 Å². The summed E-state index contributed by atoms with van der Waals surface area (Å²) in [6, 6.07) is -0.316. The fraction of sp³-hybridized carbons (Fsp3) is 0.800. The minimum absolute atomic E-state index is 0.310. The summed E-state index contributed by atoms with van der Waals surface area (Å²) in [6.45, 7) is 4.33. The molecular formula is C10H16F2N2O2. The number of hydrogen-bond donors (Lipinski definition) is 1. The third-order valence-electron chi connectivity index (χ3n) is 2.91. The summed E-state index contributed by atoms with van der Waals surface area (Å²) in [7, 11) is 0. The molecule has 92 valence electrons. The highest BCUT2D eigenvalue weighted by Gasteiger charge is 2.70. The lowest BCUT2D eigenvalue weighted by molar-refractivity contribution is -0.140. The second-order valence-corrected chi connectivity index (χ2v) is 4.47. The van der Waals surface area contributed by atoms with Gasteiger partial charge in [0.25, 0.3) is 5.92 Å². The molecule has 1 aliphatic rings. The number of nitrogens with zero attached hydrogens (tertiary/aromatic N) is 1. The van der Waals surface area contributed by atoms with Crippen molar-refractivity contribution in [1.82, 2.24) is 4.90 Å². The van der Waals surface area contributed by atoms with Crippen LogP contribution < -0.4 is 5.73 Å². The Bertz CT molecular complexity index is 318. The molecule has 0 heterocycles. The molecule has 16 heavy (non-hydrogen) atoms. The number of carbonyl (C=O) groups excluding carboxylic acids is 2. The first-order chi connectivity index (χ1) is 7.19. The number of halogens is 2. The Hall–Kier alpha value is -1.20. The summed E-state index contributed by atoms with van der Waals surface area (Å²) in [5.41, 5.74) is 4.97. The number of hydrogen-bond acceptors (Lipinski definition) is 2. The van der Waals surface area contributed by atoms with Gasteiger partial charge in [-0.1, -0.05) is 6.92 Å². The Kier molecular flexibility index (Phi) is 3.21. The maximum Gasteiger partial charge on any atom is 0.263 e. The van der Waals surface area contributed by atoms with Gasteiger partial charge in [0.15, 0.2) is 0 Å². The average molecular weight is 234 g/mol. The normalized spacial score (nSPS) is 26.6. The molecule has 2 amide bonds. The van der Waals surface area contributed by atoms with E-state index in [0.717, 1.165) is 4.90 Å². The van der Waals surface area contributed by atoms with Gasteiger partial charge in [0.1, 0.15) is 5.92 Å². The van der Waals surface area contributed by atoms with E-state index < -0.39 is 29.6 Å². The van der Waals surface area contributed by atoms with Gasteiger partial charge in [-0.15, -0.1) is 0 Å². The van der Waals surface area contributed by atoms with Crippen molar-refractivity contribution >= 4 is 11.8 Å². The first-order valence-electron chi connectivity index (χ1n) is 5.16. The maximum absolute atomic E-state index is 13.0. The van der Waals surface area contributed by atoms with E-state index in [-0.39, 0.29) is 12.6 Å². The molecule has 0 radical (unpaired) electrons. The van der Waals surface area contributed by atoms with Crippen LogP contribution in [0.2, 0.25) is 0 Å². The molecule has 0 spiro atoms. The molecule has 0 bridgehead atoms. The highest BCUT2D eigenvalue weighted by Crippen LogP contribution is 2.55. The van der Waals surface area contributed by atoms with Crippen LogP contribution in [-0.4, -0.2) is 35.2 Å². The van der Waals surface area contributed by atoms with Gasteiger partial charge in [0.05, 0.1) is 6.54 Å². The van der Waals surface area contributed by atoms with E-state index >= 15 is 0 Å². The summed E-state index contributed by atoms with van der Waals surface area (Å²) in [4.78, 5) is 23.6. The molecule has 2 unspecified atom stereocenters. The number of primary amides is 1. The van der Waals surface area contributed by atoms with Crippen LogP contribution in [0, 0.1) is 11.8 Å². The highest BCUT2D eigenvalue weighted by molar-refractivity contribution is 5.88. The molecule has 1 aliphatic carbocycles. The van der Waals surface area contributed by atoms with Crippen molar-refractivity contribution in [3.8, 4) is 0 Å². The number of nitrogens with two attached hydrogens (primary N) is 1. The Morgan fingerprint density at radius 2 is 1.88 bits per heavy atom. The molecule has 0 aromatic carbocycles. The minimum Gasteiger partial charge on any atom is -0.368 e. The van der Waals surface area contributed by atoms with Gasteiger partial charge in [-0.3, -0.25) is 9.59 Å². The van der Waals surface area contributed by atoms with E-state index in [2.05, 4.69) is 0 Å². The largest absolute Gasteiger partial charge is 0.368 e. The Morgan fingerprint density at radius 1 is 1.44 bits per heavy atom. The SMILES string of the molecule is CC(C)N(CC(N)=O)C(=O)C1C(C)C1(F)F. The first kappa shape index (κ1) is 12.9. The van der Waals surface area contributed by atoms with Crippen LogP contribution >= 0.6 is 0 Å². The monoisotopic (exact) mass is 234 g/mol. The van der Waals surface area contributed by atoms with Gasteiger partial charge < -0.3 is 10.6 Å². The van der Waals surface area contributed by atoms with Crippen LogP contribution in [0.4, 0.5) is 8.78 Å². The van der Waals surface area contributed by atoms with Crippen LogP contribution in [0.15, 0.2) is 0 Å².